The molecule has 2 rings (SSSR count). The van der Waals surface area contributed by atoms with Gasteiger partial charge in [-0.1, -0.05) is 0 Å². The van der Waals surface area contributed by atoms with Gasteiger partial charge in [-0.3, -0.25) is 4.68 Å². The second-order valence-corrected chi connectivity index (χ2v) is 3.86. The quantitative estimate of drug-likeness (QED) is 0.908. The number of benzene rings is 1. The highest BCUT2D eigenvalue weighted by molar-refractivity contribution is 5.51. The molecule has 18 heavy (non-hydrogen) atoms. The number of hydrogen-bond acceptors (Lipinski definition) is 3. The van der Waals surface area contributed by atoms with Gasteiger partial charge in [0, 0.05) is 19.7 Å². The van der Waals surface area contributed by atoms with Crippen molar-refractivity contribution in [2.45, 2.75) is 6.54 Å². The number of aryl methyl sites for hydroxylation is 1. The first kappa shape index (κ1) is 12.3. The highest BCUT2D eigenvalue weighted by Gasteiger charge is 2.07. The lowest BCUT2D eigenvalue weighted by molar-refractivity contribution is 0.393. The second kappa shape index (κ2) is 5.03. The van der Waals surface area contributed by atoms with Crippen LogP contribution in [0.4, 0.5) is 14.5 Å². The molecular formula is C12H13F2N3O. The van der Waals surface area contributed by atoms with Crippen LogP contribution in [0, 0.1) is 11.6 Å². The van der Waals surface area contributed by atoms with E-state index in [1.807, 2.05) is 0 Å². The van der Waals surface area contributed by atoms with Gasteiger partial charge < -0.3 is 10.1 Å². The van der Waals surface area contributed by atoms with Crippen molar-refractivity contribution in [2.75, 3.05) is 12.4 Å². The molecule has 4 nitrogen and oxygen atoms in total. The third kappa shape index (κ3) is 2.77. The number of methoxy groups -OCH3 is 1. The first-order valence-corrected chi connectivity index (χ1v) is 5.35. The summed E-state index contributed by atoms with van der Waals surface area (Å²) < 4.78 is 32.6. The predicted octanol–water partition coefficient (Wildman–Crippen LogP) is 2.32. The molecular weight excluding hydrogens is 240 g/mol. The Morgan fingerprint density at radius 1 is 1.28 bits per heavy atom. The molecule has 0 amide bonds. The summed E-state index contributed by atoms with van der Waals surface area (Å²) >= 11 is 0. The van der Waals surface area contributed by atoms with Crippen LogP contribution in [0.1, 0.15) is 5.56 Å². The molecule has 0 atom stereocenters. The van der Waals surface area contributed by atoms with Gasteiger partial charge in [-0.05, 0) is 17.7 Å². The molecule has 1 heterocycles. The molecule has 0 radical (unpaired) electrons. The monoisotopic (exact) mass is 253 g/mol. The topological polar surface area (TPSA) is 39.1 Å². The molecule has 0 aliphatic rings. The molecule has 0 spiro atoms. The lowest BCUT2D eigenvalue weighted by atomic mass is 10.2. The van der Waals surface area contributed by atoms with Gasteiger partial charge in [0.1, 0.15) is 17.3 Å². The van der Waals surface area contributed by atoms with Crippen LogP contribution in [0.2, 0.25) is 0 Å². The Morgan fingerprint density at radius 2 is 1.94 bits per heavy atom. The van der Waals surface area contributed by atoms with Crippen LogP contribution in [0.5, 0.6) is 5.88 Å². The number of anilines is 1. The van der Waals surface area contributed by atoms with Gasteiger partial charge in [-0.15, -0.1) is 5.10 Å². The van der Waals surface area contributed by atoms with Crippen molar-refractivity contribution in [2.24, 2.45) is 7.05 Å². The molecule has 0 aliphatic carbocycles. The van der Waals surface area contributed by atoms with E-state index in [-0.39, 0.29) is 6.54 Å². The Morgan fingerprint density at radius 3 is 2.56 bits per heavy atom. The summed E-state index contributed by atoms with van der Waals surface area (Å²) in [6, 6.07) is 3.39. The molecule has 0 aliphatic heterocycles. The van der Waals surface area contributed by atoms with Crippen LogP contribution >= 0.6 is 0 Å². The minimum Gasteiger partial charge on any atom is -0.478 e. The average Bonchev–Trinajstić information content (AvgIpc) is 2.66. The molecule has 0 saturated heterocycles. The Kier molecular flexibility index (Phi) is 3.45. The minimum absolute atomic E-state index is 0.288. The highest BCUT2D eigenvalue weighted by Crippen LogP contribution is 2.22. The first-order chi connectivity index (χ1) is 8.58. The molecule has 0 fully saturated rings. The summed E-state index contributed by atoms with van der Waals surface area (Å²) in [5, 5.41) is 7.07. The van der Waals surface area contributed by atoms with Crippen molar-refractivity contribution in [1.29, 1.82) is 0 Å². The van der Waals surface area contributed by atoms with Crippen molar-refractivity contribution < 1.29 is 13.5 Å². The van der Waals surface area contributed by atoms with E-state index < -0.39 is 11.6 Å². The number of rotatable bonds is 4. The van der Waals surface area contributed by atoms with Crippen molar-refractivity contribution in [3.05, 3.63) is 41.6 Å². The van der Waals surface area contributed by atoms with Crippen molar-refractivity contribution in [1.82, 2.24) is 9.78 Å². The van der Waals surface area contributed by atoms with E-state index in [1.54, 1.807) is 17.9 Å². The van der Waals surface area contributed by atoms with Gasteiger partial charge in [-0.2, -0.15) is 0 Å². The number of nitrogens with zero attached hydrogens (tertiary/aromatic N) is 2. The smallest absolute Gasteiger partial charge is 0.256 e. The van der Waals surface area contributed by atoms with Crippen LogP contribution in [0.25, 0.3) is 0 Å². The maximum Gasteiger partial charge on any atom is 0.256 e. The number of nitrogens with one attached hydrogen (secondary N) is 1. The van der Waals surface area contributed by atoms with Gasteiger partial charge >= 0.3 is 0 Å². The standard InChI is InChI=1S/C12H13F2N3O/c1-17-7-11(12(16-17)18-2)15-6-8-3-9(13)5-10(14)4-8/h3-5,7,15H,6H2,1-2H3. The Labute approximate surface area is 103 Å². The van der Waals surface area contributed by atoms with E-state index in [2.05, 4.69) is 10.4 Å². The molecule has 1 aromatic heterocycles. The van der Waals surface area contributed by atoms with Crippen LogP contribution in [0.3, 0.4) is 0 Å². The molecule has 96 valence electrons. The third-order valence-electron chi connectivity index (χ3n) is 2.39. The van der Waals surface area contributed by atoms with Gasteiger partial charge in [0.05, 0.1) is 13.3 Å². The maximum absolute atomic E-state index is 13.0. The Hall–Kier alpha value is -2.11. The van der Waals surface area contributed by atoms with Gasteiger partial charge in [0.15, 0.2) is 0 Å². The first-order valence-electron chi connectivity index (χ1n) is 5.35. The fraction of sp³-hybridized carbons (Fsp3) is 0.250. The van der Waals surface area contributed by atoms with Crippen molar-refractivity contribution >= 4 is 5.69 Å². The van der Waals surface area contributed by atoms with E-state index in [0.717, 1.165) is 6.07 Å². The summed E-state index contributed by atoms with van der Waals surface area (Å²) in [4.78, 5) is 0. The van der Waals surface area contributed by atoms with Crippen LogP contribution < -0.4 is 10.1 Å². The highest BCUT2D eigenvalue weighted by atomic mass is 19.1. The normalized spacial score (nSPS) is 10.4. The van der Waals surface area contributed by atoms with E-state index in [9.17, 15) is 8.78 Å². The minimum atomic E-state index is -0.593. The summed E-state index contributed by atoms with van der Waals surface area (Å²) in [6.07, 6.45) is 1.73. The summed E-state index contributed by atoms with van der Waals surface area (Å²) in [6.45, 7) is 0.288. The molecule has 1 N–H and O–H groups in total. The SMILES string of the molecule is COc1nn(C)cc1NCc1cc(F)cc(F)c1. The van der Waals surface area contributed by atoms with E-state index in [4.69, 9.17) is 4.74 Å². The largest absolute Gasteiger partial charge is 0.478 e. The summed E-state index contributed by atoms with van der Waals surface area (Å²) in [5.41, 5.74) is 1.18. The zero-order chi connectivity index (χ0) is 13.1. The van der Waals surface area contributed by atoms with Crippen LogP contribution in [0.15, 0.2) is 24.4 Å². The predicted molar refractivity (Wildman–Crippen MR) is 63.4 cm³/mol. The number of aromatic nitrogens is 2. The summed E-state index contributed by atoms with van der Waals surface area (Å²) in [5.74, 6) is -0.746. The fourth-order valence-corrected chi connectivity index (χ4v) is 1.65. The Bertz CT molecular complexity index is 534. The van der Waals surface area contributed by atoms with Gasteiger partial charge in [0.25, 0.3) is 5.88 Å². The molecule has 2 aromatic rings. The zero-order valence-electron chi connectivity index (χ0n) is 10.1. The molecule has 0 saturated carbocycles. The van der Waals surface area contributed by atoms with E-state index in [1.165, 1.54) is 19.2 Å². The van der Waals surface area contributed by atoms with Gasteiger partial charge in [0.2, 0.25) is 0 Å². The van der Waals surface area contributed by atoms with Crippen molar-refractivity contribution in [3.63, 3.8) is 0 Å². The molecule has 1 aromatic carbocycles. The lowest BCUT2D eigenvalue weighted by Crippen LogP contribution is -2.01. The molecule has 6 heteroatoms. The maximum atomic E-state index is 13.0. The zero-order valence-corrected chi connectivity index (χ0v) is 10.1. The second-order valence-electron chi connectivity index (χ2n) is 3.86. The average molecular weight is 253 g/mol. The lowest BCUT2D eigenvalue weighted by Gasteiger charge is -2.06. The van der Waals surface area contributed by atoms with E-state index >= 15 is 0 Å². The van der Waals surface area contributed by atoms with Crippen LogP contribution in [-0.2, 0) is 13.6 Å². The van der Waals surface area contributed by atoms with Gasteiger partial charge in [-0.25, -0.2) is 8.78 Å². The Balaban J connectivity index is 2.11. The van der Waals surface area contributed by atoms with Crippen molar-refractivity contribution in [3.8, 4) is 5.88 Å². The number of hydrogen-bond donors (Lipinski definition) is 1. The fourth-order valence-electron chi connectivity index (χ4n) is 1.65. The number of halogens is 2. The van der Waals surface area contributed by atoms with Crippen LogP contribution in [-0.4, -0.2) is 16.9 Å². The van der Waals surface area contributed by atoms with E-state index in [0.29, 0.717) is 17.1 Å². The molecule has 0 bridgehead atoms. The molecule has 0 unspecified atom stereocenters. The number of ether oxygens (including phenoxy) is 1. The summed E-state index contributed by atoms with van der Waals surface area (Å²) in [7, 11) is 3.27. The third-order valence-corrected chi connectivity index (χ3v) is 2.39.